The summed E-state index contributed by atoms with van der Waals surface area (Å²) in [6, 6.07) is 3.69. The number of benzene rings is 1. The second-order valence-corrected chi connectivity index (χ2v) is 5.22. The van der Waals surface area contributed by atoms with E-state index in [2.05, 4.69) is 16.6 Å². The summed E-state index contributed by atoms with van der Waals surface area (Å²) in [6.45, 7) is 3.53. The molecule has 0 amide bonds. The molecule has 0 saturated heterocycles. The Balaban J connectivity index is 2.88. The van der Waals surface area contributed by atoms with Crippen LogP contribution >= 0.6 is 0 Å². The average Bonchev–Trinajstić information content (AvgIpc) is 2.28. The van der Waals surface area contributed by atoms with Crippen molar-refractivity contribution in [2.45, 2.75) is 25.2 Å². The summed E-state index contributed by atoms with van der Waals surface area (Å²) in [7, 11) is -3.65. The fourth-order valence-electron chi connectivity index (χ4n) is 1.31. The Morgan fingerprint density at radius 1 is 1.41 bits per heavy atom. The minimum Gasteiger partial charge on any atom is -0.210 e. The molecular weight excluding hydrogens is 241 g/mol. The summed E-state index contributed by atoms with van der Waals surface area (Å²) in [5, 5.41) is 0. The van der Waals surface area contributed by atoms with Gasteiger partial charge >= 0.3 is 0 Å². The Bertz CT molecular complexity index is 556. The van der Waals surface area contributed by atoms with Crippen molar-refractivity contribution in [1.29, 1.82) is 0 Å². The van der Waals surface area contributed by atoms with Gasteiger partial charge in [0, 0.05) is 13.0 Å². The molecule has 5 heteroatoms. The molecule has 0 saturated carbocycles. The first-order valence-electron chi connectivity index (χ1n) is 5.13. The predicted octanol–water partition coefficient (Wildman–Crippen LogP) is 1.83. The molecule has 0 fully saturated rings. The van der Waals surface area contributed by atoms with E-state index in [1.165, 1.54) is 12.1 Å². The minimum absolute atomic E-state index is 0.0260. The lowest BCUT2D eigenvalue weighted by Gasteiger charge is -2.08. The van der Waals surface area contributed by atoms with Crippen molar-refractivity contribution in [2.75, 3.05) is 6.54 Å². The van der Waals surface area contributed by atoms with Crippen LogP contribution in [0.15, 0.2) is 23.1 Å². The van der Waals surface area contributed by atoms with Crippen LogP contribution in [0.4, 0.5) is 4.39 Å². The van der Waals surface area contributed by atoms with Crippen LogP contribution in [-0.2, 0) is 10.0 Å². The van der Waals surface area contributed by atoms with Crippen LogP contribution < -0.4 is 4.72 Å². The van der Waals surface area contributed by atoms with Crippen molar-refractivity contribution >= 4 is 10.0 Å². The van der Waals surface area contributed by atoms with Gasteiger partial charge in [-0.15, -0.1) is 11.8 Å². The molecule has 3 nitrogen and oxygen atoms in total. The van der Waals surface area contributed by atoms with E-state index in [0.717, 1.165) is 6.07 Å². The van der Waals surface area contributed by atoms with Gasteiger partial charge in [0.1, 0.15) is 5.82 Å². The van der Waals surface area contributed by atoms with Gasteiger partial charge in [-0.25, -0.2) is 17.5 Å². The number of sulfonamides is 1. The molecule has 0 spiro atoms. The third kappa shape index (κ3) is 3.84. The fourth-order valence-corrected chi connectivity index (χ4v) is 2.60. The summed E-state index contributed by atoms with van der Waals surface area (Å²) in [5.41, 5.74) is 0.514. The second kappa shape index (κ2) is 5.80. The third-order valence-corrected chi connectivity index (χ3v) is 3.76. The Labute approximate surface area is 101 Å². The average molecular weight is 255 g/mol. The smallest absolute Gasteiger partial charge is 0.210 e. The van der Waals surface area contributed by atoms with Crippen molar-refractivity contribution < 1.29 is 12.8 Å². The Hall–Kier alpha value is -1.38. The van der Waals surface area contributed by atoms with E-state index in [1.807, 2.05) is 0 Å². The summed E-state index contributed by atoms with van der Waals surface area (Å²) in [5.74, 6) is 4.85. The van der Waals surface area contributed by atoms with E-state index in [4.69, 9.17) is 0 Å². The molecular formula is C12H14FNO2S. The standard InChI is InChI=1S/C12H14FNO2S/c1-3-4-5-8-14-17(15,16)12-9-11(13)7-6-10(12)2/h6-7,9,14H,5,8H2,1-2H3. The molecule has 0 aliphatic carbocycles. The number of nitrogens with one attached hydrogen (secondary N) is 1. The van der Waals surface area contributed by atoms with Gasteiger partial charge in [0.15, 0.2) is 0 Å². The van der Waals surface area contributed by atoms with Crippen LogP contribution in [0.25, 0.3) is 0 Å². The summed E-state index contributed by atoms with van der Waals surface area (Å²) in [6.07, 6.45) is 0.435. The number of hydrogen-bond donors (Lipinski definition) is 1. The molecule has 0 radical (unpaired) electrons. The summed E-state index contributed by atoms with van der Waals surface area (Å²) < 4.78 is 39.1. The van der Waals surface area contributed by atoms with Gasteiger partial charge in [-0.3, -0.25) is 0 Å². The van der Waals surface area contributed by atoms with Crippen LogP contribution in [0.1, 0.15) is 18.9 Å². The first-order valence-corrected chi connectivity index (χ1v) is 6.61. The summed E-state index contributed by atoms with van der Waals surface area (Å²) in [4.78, 5) is -0.0260. The van der Waals surface area contributed by atoms with Crippen molar-refractivity contribution in [3.63, 3.8) is 0 Å². The fraction of sp³-hybridized carbons (Fsp3) is 0.333. The van der Waals surface area contributed by atoms with Crippen molar-refractivity contribution in [3.8, 4) is 11.8 Å². The predicted molar refractivity (Wildman–Crippen MR) is 64.4 cm³/mol. The molecule has 92 valence electrons. The van der Waals surface area contributed by atoms with Crippen LogP contribution in [0.2, 0.25) is 0 Å². The highest BCUT2D eigenvalue weighted by molar-refractivity contribution is 7.89. The van der Waals surface area contributed by atoms with E-state index in [-0.39, 0.29) is 11.4 Å². The Kier molecular flexibility index (Phi) is 4.67. The van der Waals surface area contributed by atoms with E-state index < -0.39 is 15.8 Å². The summed E-state index contributed by atoms with van der Waals surface area (Å²) >= 11 is 0. The second-order valence-electron chi connectivity index (χ2n) is 3.48. The molecule has 0 aromatic heterocycles. The highest BCUT2D eigenvalue weighted by atomic mass is 32.2. The zero-order chi connectivity index (χ0) is 12.9. The molecule has 0 heterocycles. The van der Waals surface area contributed by atoms with Crippen LogP contribution in [0, 0.1) is 24.6 Å². The molecule has 1 aromatic rings. The number of halogens is 1. The molecule has 1 rings (SSSR count). The molecule has 0 aliphatic heterocycles. The van der Waals surface area contributed by atoms with Crippen molar-refractivity contribution in [3.05, 3.63) is 29.6 Å². The molecule has 0 atom stereocenters. The maximum absolute atomic E-state index is 13.0. The lowest BCUT2D eigenvalue weighted by molar-refractivity contribution is 0.577. The topological polar surface area (TPSA) is 46.2 Å². The van der Waals surface area contributed by atoms with Crippen LogP contribution in [0.3, 0.4) is 0 Å². The highest BCUT2D eigenvalue weighted by Gasteiger charge is 2.16. The largest absolute Gasteiger partial charge is 0.240 e. The SMILES string of the molecule is CC#CCCNS(=O)(=O)c1cc(F)ccc1C. The maximum atomic E-state index is 13.0. The quantitative estimate of drug-likeness (QED) is 0.659. The van der Waals surface area contributed by atoms with Crippen molar-refractivity contribution in [2.24, 2.45) is 0 Å². The van der Waals surface area contributed by atoms with Gasteiger partial charge in [-0.1, -0.05) is 6.07 Å². The van der Waals surface area contributed by atoms with Gasteiger partial charge in [0.25, 0.3) is 0 Å². The van der Waals surface area contributed by atoms with Gasteiger partial charge in [-0.2, -0.15) is 0 Å². The van der Waals surface area contributed by atoms with Gasteiger partial charge in [0.2, 0.25) is 10.0 Å². The number of aryl methyl sites for hydroxylation is 1. The highest BCUT2D eigenvalue weighted by Crippen LogP contribution is 2.15. The van der Waals surface area contributed by atoms with E-state index >= 15 is 0 Å². The van der Waals surface area contributed by atoms with Crippen LogP contribution in [-0.4, -0.2) is 15.0 Å². The molecule has 0 unspecified atom stereocenters. The van der Waals surface area contributed by atoms with Crippen molar-refractivity contribution in [1.82, 2.24) is 4.72 Å². The van der Waals surface area contributed by atoms with Gasteiger partial charge < -0.3 is 0 Å². The normalized spacial score (nSPS) is 10.8. The molecule has 1 N–H and O–H groups in total. The maximum Gasteiger partial charge on any atom is 0.240 e. The Morgan fingerprint density at radius 2 is 2.12 bits per heavy atom. The van der Waals surface area contributed by atoms with E-state index in [0.29, 0.717) is 12.0 Å². The van der Waals surface area contributed by atoms with E-state index in [1.54, 1.807) is 13.8 Å². The lowest BCUT2D eigenvalue weighted by atomic mass is 10.2. The lowest BCUT2D eigenvalue weighted by Crippen LogP contribution is -2.25. The molecule has 0 aliphatic rings. The molecule has 17 heavy (non-hydrogen) atoms. The minimum atomic E-state index is -3.65. The first-order chi connectivity index (χ1) is 7.97. The molecule has 0 bridgehead atoms. The third-order valence-electron chi connectivity index (χ3n) is 2.16. The van der Waals surface area contributed by atoms with Crippen LogP contribution in [0.5, 0.6) is 0 Å². The van der Waals surface area contributed by atoms with E-state index in [9.17, 15) is 12.8 Å². The Morgan fingerprint density at radius 3 is 2.76 bits per heavy atom. The monoisotopic (exact) mass is 255 g/mol. The number of rotatable bonds is 4. The number of hydrogen-bond acceptors (Lipinski definition) is 2. The molecule has 1 aromatic carbocycles. The first kappa shape index (κ1) is 13.7. The zero-order valence-electron chi connectivity index (χ0n) is 9.75. The van der Waals surface area contributed by atoms with Gasteiger partial charge in [-0.05, 0) is 31.5 Å². The zero-order valence-corrected chi connectivity index (χ0v) is 10.6. The van der Waals surface area contributed by atoms with Gasteiger partial charge in [0.05, 0.1) is 4.90 Å².